The molecule has 0 aliphatic carbocycles. The van der Waals surface area contributed by atoms with Gasteiger partial charge in [0.05, 0.1) is 41.0 Å². The molecule has 0 aromatic heterocycles. The molecule has 184 valence electrons. The molecule has 0 spiro atoms. The van der Waals surface area contributed by atoms with Gasteiger partial charge in [0, 0.05) is 21.2 Å². The van der Waals surface area contributed by atoms with E-state index in [9.17, 15) is 10.5 Å². The van der Waals surface area contributed by atoms with E-state index in [1.54, 1.807) is 14.2 Å². The normalized spacial score (nSPS) is 10.3. The zero-order valence-electron chi connectivity index (χ0n) is 20.1. The Balaban J connectivity index is 1.87. The predicted molar refractivity (Wildman–Crippen MR) is 149 cm³/mol. The number of hydrogen-bond acceptors (Lipinski definition) is 7. The molecule has 0 fully saturated rings. The van der Waals surface area contributed by atoms with Crippen LogP contribution in [0.3, 0.4) is 0 Å². The van der Waals surface area contributed by atoms with Crippen molar-refractivity contribution in [2.24, 2.45) is 0 Å². The Morgan fingerprint density at radius 3 is 1.73 bits per heavy atom. The summed E-state index contributed by atoms with van der Waals surface area (Å²) in [5.74, 6) is 1.49. The van der Waals surface area contributed by atoms with Crippen LogP contribution in [0.15, 0.2) is 98.4 Å². The molecule has 0 unspecified atom stereocenters. The molecule has 0 atom stereocenters. The number of nitrogens with one attached hydrogen (secondary N) is 1. The number of hydrogen-bond donors (Lipinski definition) is 1. The summed E-state index contributed by atoms with van der Waals surface area (Å²) in [6.07, 6.45) is 0. The van der Waals surface area contributed by atoms with Crippen LogP contribution in [0, 0.1) is 22.7 Å². The third-order valence-electron chi connectivity index (χ3n) is 5.45. The molecule has 4 aromatic rings. The van der Waals surface area contributed by atoms with Crippen LogP contribution in [-0.4, -0.2) is 14.2 Å². The van der Waals surface area contributed by atoms with Gasteiger partial charge in [-0.3, -0.25) is 0 Å². The van der Waals surface area contributed by atoms with Crippen LogP contribution in [0.2, 0.25) is 5.02 Å². The maximum atomic E-state index is 10.1. The topological polar surface area (TPSA) is 78.1 Å². The van der Waals surface area contributed by atoms with Crippen molar-refractivity contribution < 1.29 is 9.47 Å². The molecule has 0 radical (unpaired) electrons. The van der Waals surface area contributed by atoms with Crippen molar-refractivity contribution in [3.05, 3.63) is 101 Å². The minimum atomic E-state index is 0.148. The van der Waals surface area contributed by atoms with Gasteiger partial charge in [0.2, 0.25) is 0 Å². The molecular formula is C29H22ClN3O2S2. The molecule has 1 N–H and O–H groups in total. The summed E-state index contributed by atoms with van der Waals surface area (Å²) < 4.78 is 10.6. The van der Waals surface area contributed by atoms with E-state index >= 15 is 0 Å². The molecule has 0 aliphatic rings. The lowest BCUT2D eigenvalue weighted by Crippen LogP contribution is -2.06. The van der Waals surface area contributed by atoms with Gasteiger partial charge in [0.25, 0.3) is 0 Å². The second-order valence-corrected chi connectivity index (χ2v) is 10.3. The summed E-state index contributed by atoms with van der Waals surface area (Å²) in [7, 11) is 3.24. The molecule has 0 heterocycles. The summed E-state index contributed by atoms with van der Waals surface area (Å²) in [5, 5.41) is 23.8. The quantitative estimate of drug-likeness (QED) is 0.229. The molecule has 0 saturated carbocycles. The number of nitriles is 2. The number of benzene rings is 4. The average molecular weight is 544 g/mol. The molecule has 0 amide bonds. The average Bonchev–Trinajstić information content (AvgIpc) is 2.95. The first-order chi connectivity index (χ1) is 18.1. The van der Waals surface area contributed by atoms with Crippen LogP contribution < -0.4 is 14.8 Å². The van der Waals surface area contributed by atoms with Gasteiger partial charge in [-0.25, -0.2) is 0 Å². The van der Waals surface area contributed by atoms with Crippen molar-refractivity contribution in [3.8, 4) is 23.6 Å². The second-order valence-electron chi connectivity index (χ2n) is 7.72. The first-order valence-electron chi connectivity index (χ1n) is 11.2. The van der Waals surface area contributed by atoms with Gasteiger partial charge in [0.15, 0.2) is 0 Å². The Kier molecular flexibility index (Phi) is 8.87. The highest BCUT2D eigenvalue weighted by Crippen LogP contribution is 2.50. The molecule has 4 rings (SSSR count). The molecule has 37 heavy (non-hydrogen) atoms. The molecule has 4 aromatic carbocycles. The van der Waals surface area contributed by atoms with Crippen LogP contribution in [0.1, 0.15) is 16.7 Å². The summed E-state index contributed by atoms with van der Waals surface area (Å²) >= 11 is 9.74. The Labute approximate surface area is 230 Å². The molecule has 5 nitrogen and oxygen atoms in total. The number of halogens is 1. The van der Waals surface area contributed by atoms with E-state index in [2.05, 4.69) is 17.5 Å². The Hall–Kier alpha value is -3.75. The van der Waals surface area contributed by atoms with Crippen molar-refractivity contribution in [1.82, 2.24) is 0 Å². The van der Waals surface area contributed by atoms with Crippen LogP contribution in [0.5, 0.6) is 11.5 Å². The van der Waals surface area contributed by atoms with E-state index in [4.69, 9.17) is 21.1 Å². The number of methoxy groups -OCH3 is 2. The maximum absolute atomic E-state index is 10.1. The highest BCUT2D eigenvalue weighted by Gasteiger charge is 2.25. The van der Waals surface area contributed by atoms with Crippen LogP contribution in [0.4, 0.5) is 5.69 Å². The number of anilines is 1. The lowest BCUT2D eigenvalue weighted by Gasteiger charge is -2.20. The van der Waals surface area contributed by atoms with Gasteiger partial charge in [-0.05, 0) is 54.1 Å². The lowest BCUT2D eigenvalue weighted by atomic mass is 10.1. The highest BCUT2D eigenvalue weighted by molar-refractivity contribution is 8.02. The van der Waals surface area contributed by atoms with E-state index in [-0.39, 0.29) is 16.1 Å². The number of nitrogens with zero attached hydrogens (tertiary/aromatic N) is 2. The van der Waals surface area contributed by atoms with Crippen molar-refractivity contribution in [1.29, 1.82) is 10.5 Å². The predicted octanol–water partition coefficient (Wildman–Crippen LogP) is 8.02. The first kappa shape index (κ1) is 26.3. The molecular weight excluding hydrogens is 522 g/mol. The lowest BCUT2D eigenvalue weighted by molar-refractivity contribution is 0.414. The Morgan fingerprint density at radius 1 is 0.730 bits per heavy atom. The van der Waals surface area contributed by atoms with E-state index in [1.807, 2.05) is 78.9 Å². The maximum Gasteiger partial charge on any atom is 0.118 e. The fourth-order valence-corrected chi connectivity index (χ4v) is 6.08. The van der Waals surface area contributed by atoms with E-state index in [0.29, 0.717) is 17.1 Å². The minimum absolute atomic E-state index is 0.148. The third kappa shape index (κ3) is 6.15. The summed E-state index contributed by atoms with van der Waals surface area (Å²) in [4.78, 5) is 3.31. The van der Waals surface area contributed by atoms with Gasteiger partial charge < -0.3 is 14.8 Å². The van der Waals surface area contributed by atoms with E-state index in [1.165, 1.54) is 23.5 Å². The van der Waals surface area contributed by atoms with Gasteiger partial charge in [-0.2, -0.15) is 10.5 Å². The largest absolute Gasteiger partial charge is 0.497 e. The number of ether oxygens (including phenoxy) is 2. The van der Waals surface area contributed by atoms with Gasteiger partial charge >= 0.3 is 0 Å². The second kappa shape index (κ2) is 12.5. The molecule has 0 bridgehead atoms. The van der Waals surface area contributed by atoms with Crippen molar-refractivity contribution >= 4 is 40.8 Å². The van der Waals surface area contributed by atoms with Crippen molar-refractivity contribution in [3.63, 3.8) is 0 Å². The smallest absolute Gasteiger partial charge is 0.118 e. The minimum Gasteiger partial charge on any atom is -0.497 e. The zero-order valence-corrected chi connectivity index (χ0v) is 22.5. The van der Waals surface area contributed by atoms with Gasteiger partial charge in [0.1, 0.15) is 23.6 Å². The Bertz CT molecular complexity index is 1460. The fourth-order valence-electron chi connectivity index (χ4n) is 3.56. The third-order valence-corrected chi connectivity index (χ3v) is 8.31. The molecule has 0 aliphatic heterocycles. The Morgan fingerprint density at radius 2 is 1.24 bits per heavy atom. The molecule has 8 heteroatoms. The highest BCUT2D eigenvalue weighted by atomic mass is 35.5. The molecule has 0 saturated heterocycles. The fraction of sp³-hybridized carbons (Fsp3) is 0.103. The summed E-state index contributed by atoms with van der Waals surface area (Å²) in [6.45, 7) is 0.477. The standard InChI is InChI=1S/C29H22ClN3O2S2/c1-34-20-8-12-22(13-9-20)36-28-26(30)24(16-31)25(17-32)27(33-18-19-6-4-3-5-7-19)29(28)37-23-14-10-21(35-2)11-15-23/h3-15,33H,18H2,1-2H3. The van der Waals surface area contributed by atoms with Gasteiger partial charge in [-0.1, -0.05) is 65.5 Å². The van der Waals surface area contributed by atoms with Crippen LogP contribution >= 0.6 is 35.1 Å². The SMILES string of the molecule is COc1ccc(Sc2c(Cl)c(C#N)c(C#N)c(NCc3ccccc3)c2Sc2ccc(OC)cc2)cc1. The van der Waals surface area contributed by atoms with E-state index in [0.717, 1.165) is 31.7 Å². The van der Waals surface area contributed by atoms with Gasteiger partial charge in [-0.15, -0.1) is 0 Å². The zero-order chi connectivity index (χ0) is 26.2. The van der Waals surface area contributed by atoms with Crippen LogP contribution in [-0.2, 0) is 6.54 Å². The monoisotopic (exact) mass is 543 g/mol. The summed E-state index contributed by atoms with van der Waals surface area (Å²) in [6, 6.07) is 29.5. The number of rotatable bonds is 9. The summed E-state index contributed by atoms with van der Waals surface area (Å²) in [5.41, 5.74) is 1.99. The van der Waals surface area contributed by atoms with Crippen molar-refractivity contribution in [2.45, 2.75) is 26.1 Å². The first-order valence-corrected chi connectivity index (χ1v) is 13.2. The van der Waals surface area contributed by atoms with Crippen molar-refractivity contribution in [2.75, 3.05) is 19.5 Å². The van der Waals surface area contributed by atoms with Crippen LogP contribution in [0.25, 0.3) is 0 Å². The van der Waals surface area contributed by atoms with E-state index < -0.39 is 0 Å².